The first-order valence-corrected chi connectivity index (χ1v) is 14.0. The normalized spacial score (nSPS) is 10.6. The third-order valence-corrected chi connectivity index (χ3v) is 5.40. The van der Waals surface area contributed by atoms with Crippen LogP contribution in [0.2, 0.25) is 0 Å². The summed E-state index contributed by atoms with van der Waals surface area (Å²) in [6, 6.07) is 41.7. The fourth-order valence-electron chi connectivity index (χ4n) is 3.83. The average molecular weight is 537 g/mol. The molecule has 5 heteroatoms. The van der Waals surface area contributed by atoms with Gasteiger partial charge in [0.1, 0.15) is 0 Å². The molecule has 35 heavy (non-hydrogen) atoms. The Labute approximate surface area is 220 Å². The first-order valence-electron chi connectivity index (χ1n) is 10.9. The van der Waals surface area contributed by atoms with Crippen molar-refractivity contribution in [2.45, 2.75) is 0 Å². The Balaban J connectivity index is 0.000000917. The first-order chi connectivity index (χ1) is 17.3. The first kappa shape index (κ1) is 24.9. The van der Waals surface area contributed by atoms with E-state index in [4.69, 9.17) is 25.2 Å². The van der Waals surface area contributed by atoms with Crippen molar-refractivity contribution in [2.24, 2.45) is 4.99 Å². The topological polar surface area (TPSA) is 25.2 Å². The van der Waals surface area contributed by atoms with Crippen molar-refractivity contribution in [3.63, 3.8) is 0 Å². The van der Waals surface area contributed by atoms with Crippen LogP contribution >= 0.6 is 20.2 Å². The molecule has 5 rings (SSSR count). The van der Waals surface area contributed by atoms with Crippen molar-refractivity contribution in [1.82, 2.24) is 4.98 Å². The van der Waals surface area contributed by atoms with Crippen molar-refractivity contribution in [1.29, 1.82) is 0 Å². The van der Waals surface area contributed by atoms with Gasteiger partial charge in [0.05, 0.1) is 17.6 Å². The number of halogens is 2. The second-order valence-electron chi connectivity index (χ2n) is 7.58. The molecule has 0 aliphatic carbocycles. The van der Waals surface area contributed by atoms with Crippen LogP contribution < -0.4 is 0 Å². The van der Waals surface area contributed by atoms with Gasteiger partial charge in [0.25, 0.3) is 0 Å². The van der Waals surface area contributed by atoms with Crippen molar-refractivity contribution < 1.29 is 13.1 Å². The average Bonchev–Trinajstić information content (AvgIpc) is 2.94. The van der Waals surface area contributed by atoms with Gasteiger partial charge >= 0.3 is 33.3 Å². The van der Waals surface area contributed by atoms with E-state index in [2.05, 4.69) is 89.9 Å². The van der Waals surface area contributed by atoms with Crippen LogP contribution in [0.5, 0.6) is 0 Å². The second kappa shape index (κ2) is 13.0. The van der Waals surface area contributed by atoms with Gasteiger partial charge in [-0.25, -0.2) is 0 Å². The number of nitrogens with zero attached hydrogens (tertiary/aromatic N) is 2. The summed E-state index contributed by atoms with van der Waals surface area (Å²) in [6.07, 6.45) is 3.63. The number of hydrogen-bond donors (Lipinski definition) is 0. The van der Waals surface area contributed by atoms with E-state index in [9.17, 15) is 0 Å². The molecular formula is C30H22Cl2FeN2+. The van der Waals surface area contributed by atoms with Crippen molar-refractivity contribution in [3.8, 4) is 33.4 Å². The van der Waals surface area contributed by atoms with Gasteiger partial charge in [0.2, 0.25) is 0 Å². The molecule has 0 saturated carbocycles. The third-order valence-electron chi connectivity index (χ3n) is 5.40. The van der Waals surface area contributed by atoms with E-state index in [0.29, 0.717) is 0 Å². The van der Waals surface area contributed by atoms with E-state index in [1.54, 1.807) is 6.20 Å². The van der Waals surface area contributed by atoms with Crippen LogP contribution in [-0.4, -0.2) is 11.2 Å². The summed E-state index contributed by atoms with van der Waals surface area (Å²) in [5, 5.41) is 0. The molecule has 0 atom stereocenters. The summed E-state index contributed by atoms with van der Waals surface area (Å²) in [5.74, 6) is 0. The van der Waals surface area contributed by atoms with Gasteiger partial charge in [-0.1, -0.05) is 97.1 Å². The molecule has 0 spiro atoms. The van der Waals surface area contributed by atoms with Crippen LogP contribution in [0.3, 0.4) is 0 Å². The van der Waals surface area contributed by atoms with Gasteiger partial charge in [-0.3, -0.25) is 9.98 Å². The van der Waals surface area contributed by atoms with Gasteiger partial charge in [0, 0.05) is 17.3 Å². The predicted octanol–water partition coefficient (Wildman–Crippen LogP) is 9.21. The van der Waals surface area contributed by atoms with E-state index < -0.39 is 0 Å². The minimum atomic E-state index is 0.194. The molecule has 1 heterocycles. The van der Waals surface area contributed by atoms with Gasteiger partial charge in [-0.2, -0.15) is 0 Å². The number of benzene rings is 4. The van der Waals surface area contributed by atoms with E-state index in [1.165, 1.54) is 11.1 Å². The van der Waals surface area contributed by atoms with Gasteiger partial charge in [0.15, 0.2) is 0 Å². The summed E-state index contributed by atoms with van der Waals surface area (Å²) >= 11 is 0.194. The van der Waals surface area contributed by atoms with Gasteiger partial charge < -0.3 is 0 Å². The maximum atomic E-state index is 4.98. The van der Waals surface area contributed by atoms with Crippen LogP contribution in [0, 0.1) is 0 Å². The van der Waals surface area contributed by atoms with Crippen molar-refractivity contribution >= 4 is 32.1 Å². The molecule has 0 amide bonds. The molecule has 0 unspecified atom stereocenters. The van der Waals surface area contributed by atoms with Crippen molar-refractivity contribution in [2.75, 3.05) is 0 Å². The molecule has 0 saturated heterocycles. The Morgan fingerprint density at radius 3 is 1.49 bits per heavy atom. The molecule has 4 aromatic carbocycles. The molecule has 5 aromatic rings. The Kier molecular flexibility index (Phi) is 9.28. The van der Waals surface area contributed by atoms with Gasteiger partial charge in [-0.15, -0.1) is 0 Å². The van der Waals surface area contributed by atoms with Gasteiger partial charge in [-0.05, 0) is 46.5 Å². The summed E-state index contributed by atoms with van der Waals surface area (Å²) in [4.78, 5) is 9.39. The number of hydrogen-bond acceptors (Lipinski definition) is 2. The summed E-state index contributed by atoms with van der Waals surface area (Å²) < 4.78 is 0. The van der Waals surface area contributed by atoms with Crippen LogP contribution in [-0.2, 0) is 13.1 Å². The summed E-state index contributed by atoms with van der Waals surface area (Å²) in [7, 11) is 9.53. The Bertz CT molecular complexity index is 1300. The van der Waals surface area contributed by atoms with E-state index in [-0.39, 0.29) is 13.1 Å². The standard InChI is InChI=1S/C30H22N2.2ClH.Fe/c1-4-12-23(13-5-1)26-20-28(24-14-6-2-7-15-24)30(32-22-27-18-10-11-19-31-27)29(21-26)25-16-8-3-9-17-25;;;/h1-22H;2*1H;/q;;;+3/p-2. The SMILES string of the molecule is C(=Nc1c(-c2ccccc2)cc(-c2ccccc2)cc1-c1ccccc1)c1ccccn1.[Cl][Fe+][Cl]. The maximum absolute atomic E-state index is 4.98. The monoisotopic (exact) mass is 536 g/mol. The molecule has 2 nitrogen and oxygen atoms in total. The Morgan fingerprint density at radius 2 is 1.03 bits per heavy atom. The molecule has 0 fully saturated rings. The van der Waals surface area contributed by atoms with E-state index in [1.807, 2.05) is 42.6 Å². The van der Waals surface area contributed by atoms with E-state index in [0.717, 1.165) is 33.6 Å². The van der Waals surface area contributed by atoms with Crippen molar-refractivity contribution in [3.05, 3.63) is 133 Å². The second-order valence-corrected chi connectivity index (χ2v) is 9.41. The quantitative estimate of drug-likeness (QED) is 0.162. The summed E-state index contributed by atoms with van der Waals surface area (Å²) in [5.41, 5.74) is 8.58. The fraction of sp³-hybridized carbons (Fsp3) is 0. The molecule has 0 bridgehead atoms. The zero-order valence-electron chi connectivity index (χ0n) is 18.7. The van der Waals surface area contributed by atoms with Crippen LogP contribution in [0.1, 0.15) is 5.69 Å². The Hall–Kier alpha value is -3.20. The Morgan fingerprint density at radius 1 is 0.571 bits per heavy atom. The van der Waals surface area contributed by atoms with Crippen LogP contribution in [0.15, 0.2) is 133 Å². The molecule has 0 N–H and O–H groups in total. The molecular weight excluding hydrogens is 515 g/mol. The fourth-order valence-corrected chi connectivity index (χ4v) is 3.83. The molecule has 0 aliphatic rings. The zero-order chi connectivity index (χ0) is 24.3. The predicted molar refractivity (Wildman–Crippen MR) is 146 cm³/mol. The molecule has 1 aromatic heterocycles. The summed E-state index contributed by atoms with van der Waals surface area (Å²) in [6.45, 7) is 0. The number of aromatic nitrogens is 1. The van der Waals surface area contributed by atoms with Crippen LogP contribution in [0.4, 0.5) is 5.69 Å². The van der Waals surface area contributed by atoms with E-state index >= 15 is 0 Å². The molecule has 0 radical (unpaired) electrons. The number of pyridine rings is 1. The molecule has 173 valence electrons. The van der Waals surface area contributed by atoms with Crippen LogP contribution in [0.25, 0.3) is 33.4 Å². The molecule has 0 aliphatic heterocycles. The number of aliphatic imine (C=N–C) groups is 1. The minimum absolute atomic E-state index is 0.194. The third kappa shape index (κ3) is 6.69. The zero-order valence-corrected chi connectivity index (χ0v) is 21.3. The number of rotatable bonds is 5.